The molecule has 0 aliphatic heterocycles. The lowest BCUT2D eigenvalue weighted by molar-refractivity contribution is 1.09. The van der Waals surface area contributed by atoms with Crippen molar-refractivity contribution in [2.75, 3.05) is 11.5 Å². The van der Waals surface area contributed by atoms with E-state index < -0.39 is 0 Å². The second kappa shape index (κ2) is 6.45. The molecule has 1 heterocycles. The Kier molecular flexibility index (Phi) is 3.98. The molecule has 0 saturated carbocycles. The Labute approximate surface area is 153 Å². The van der Waals surface area contributed by atoms with E-state index in [2.05, 4.69) is 72.2 Å². The lowest BCUT2D eigenvalue weighted by Gasteiger charge is -2.15. The van der Waals surface area contributed by atoms with Gasteiger partial charge in [0.25, 0.3) is 0 Å². The fourth-order valence-corrected chi connectivity index (χ4v) is 3.17. The average molecular weight is 339 g/mol. The van der Waals surface area contributed by atoms with Crippen molar-refractivity contribution >= 4 is 11.4 Å². The Hall–Kier alpha value is -3.46. The van der Waals surface area contributed by atoms with Crippen molar-refractivity contribution in [1.29, 1.82) is 0 Å². The van der Waals surface area contributed by atoms with Crippen LogP contribution in [0.5, 0.6) is 0 Å². The number of nitrogens with two attached hydrogens (primary N) is 2. The van der Waals surface area contributed by atoms with Crippen LogP contribution in [-0.4, -0.2) is 4.57 Å². The van der Waals surface area contributed by atoms with Gasteiger partial charge in [-0.1, -0.05) is 42.0 Å². The fourth-order valence-electron chi connectivity index (χ4n) is 3.17. The van der Waals surface area contributed by atoms with Crippen LogP contribution in [0, 0.1) is 6.92 Å². The molecule has 4 rings (SSSR count). The summed E-state index contributed by atoms with van der Waals surface area (Å²) in [4.78, 5) is 0. The number of nitrogen functional groups attached to an aromatic ring is 2. The van der Waals surface area contributed by atoms with E-state index in [1.54, 1.807) is 0 Å². The molecule has 0 aliphatic carbocycles. The van der Waals surface area contributed by atoms with Crippen LogP contribution in [0.4, 0.5) is 11.4 Å². The van der Waals surface area contributed by atoms with E-state index in [9.17, 15) is 0 Å². The summed E-state index contributed by atoms with van der Waals surface area (Å²) < 4.78 is 2.27. The van der Waals surface area contributed by atoms with E-state index in [4.69, 9.17) is 11.5 Å². The van der Waals surface area contributed by atoms with Crippen LogP contribution < -0.4 is 11.5 Å². The van der Waals surface area contributed by atoms with Crippen molar-refractivity contribution in [2.24, 2.45) is 0 Å². The van der Waals surface area contributed by atoms with Crippen LogP contribution in [0.1, 0.15) is 5.56 Å². The molecule has 0 amide bonds. The highest BCUT2D eigenvalue weighted by atomic mass is 15.0. The largest absolute Gasteiger partial charge is 0.399 e. The Morgan fingerprint density at radius 3 is 1.38 bits per heavy atom. The lowest BCUT2D eigenvalue weighted by atomic mass is 10.1. The molecule has 0 fully saturated rings. The van der Waals surface area contributed by atoms with Crippen molar-refractivity contribution in [3.05, 3.63) is 90.5 Å². The Bertz CT molecular complexity index is 962. The van der Waals surface area contributed by atoms with Crippen molar-refractivity contribution in [3.63, 3.8) is 0 Å². The summed E-state index contributed by atoms with van der Waals surface area (Å²) in [5, 5.41) is 0. The smallest absolute Gasteiger partial charge is 0.0535 e. The first-order valence-electron chi connectivity index (χ1n) is 8.62. The van der Waals surface area contributed by atoms with Crippen molar-refractivity contribution in [1.82, 2.24) is 4.57 Å². The number of nitrogens with zero attached hydrogens (tertiary/aromatic N) is 1. The van der Waals surface area contributed by atoms with Crippen LogP contribution in [0.25, 0.3) is 28.2 Å². The van der Waals surface area contributed by atoms with Crippen molar-refractivity contribution < 1.29 is 0 Å². The summed E-state index contributed by atoms with van der Waals surface area (Å²) >= 11 is 0. The Balaban J connectivity index is 1.93. The standard InChI is InChI=1S/C23H21N3/c1-16-2-12-21(13-3-16)26-22(17-4-8-19(24)9-5-17)14-15-23(26)18-6-10-20(25)11-7-18/h2-15H,24-25H2,1H3. The van der Waals surface area contributed by atoms with Gasteiger partial charge >= 0.3 is 0 Å². The van der Waals surface area contributed by atoms with Gasteiger partial charge in [-0.05, 0) is 66.6 Å². The highest BCUT2D eigenvalue weighted by molar-refractivity contribution is 5.74. The molecule has 4 aromatic rings. The minimum atomic E-state index is 0.765. The molecular weight excluding hydrogens is 318 g/mol. The molecule has 128 valence electrons. The fraction of sp³-hybridized carbons (Fsp3) is 0.0435. The molecule has 1 aromatic heterocycles. The third kappa shape index (κ3) is 2.95. The normalized spacial score (nSPS) is 10.8. The molecule has 4 N–H and O–H groups in total. The minimum Gasteiger partial charge on any atom is -0.399 e. The van der Waals surface area contributed by atoms with E-state index >= 15 is 0 Å². The van der Waals surface area contributed by atoms with Gasteiger partial charge in [-0.3, -0.25) is 0 Å². The maximum absolute atomic E-state index is 5.86. The molecule has 0 radical (unpaired) electrons. The first kappa shape index (κ1) is 16.0. The van der Waals surface area contributed by atoms with Crippen molar-refractivity contribution in [3.8, 4) is 28.2 Å². The maximum Gasteiger partial charge on any atom is 0.0535 e. The second-order valence-electron chi connectivity index (χ2n) is 6.52. The van der Waals surface area contributed by atoms with Gasteiger partial charge in [-0.15, -0.1) is 0 Å². The number of benzene rings is 3. The predicted octanol–water partition coefficient (Wildman–Crippen LogP) is 5.28. The first-order chi connectivity index (χ1) is 12.6. The number of hydrogen-bond acceptors (Lipinski definition) is 2. The molecule has 3 nitrogen and oxygen atoms in total. The number of rotatable bonds is 3. The maximum atomic E-state index is 5.86. The average Bonchev–Trinajstić information content (AvgIpc) is 3.08. The van der Waals surface area contributed by atoms with E-state index in [-0.39, 0.29) is 0 Å². The quantitative estimate of drug-likeness (QED) is 0.499. The molecule has 0 aliphatic rings. The molecule has 0 unspecified atom stereocenters. The van der Waals surface area contributed by atoms with Crippen LogP contribution in [0.3, 0.4) is 0 Å². The molecule has 0 spiro atoms. The van der Waals surface area contributed by atoms with E-state index in [0.29, 0.717) is 0 Å². The van der Waals surface area contributed by atoms with Crippen LogP contribution >= 0.6 is 0 Å². The van der Waals surface area contributed by atoms with Gasteiger partial charge in [-0.2, -0.15) is 0 Å². The van der Waals surface area contributed by atoms with Gasteiger partial charge in [0, 0.05) is 17.1 Å². The molecule has 26 heavy (non-hydrogen) atoms. The zero-order chi connectivity index (χ0) is 18.1. The topological polar surface area (TPSA) is 57.0 Å². The molecule has 0 bridgehead atoms. The third-order valence-corrected chi connectivity index (χ3v) is 4.59. The number of hydrogen-bond donors (Lipinski definition) is 2. The van der Waals surface area contributed by atoms with E-state index in [0.717, 1.165) is 39.6 Å². The third-order valence-electron chi connectivity index (χ3n) is 4.59. The van der Waals surface area contributed by atoms with Crippen LogP contribution in [-0.2, 0) is 0 Å². The van der Waals surface area contributed by atoms with Gasteiger partial charge in [-0.25, -0.2) is 0 Å². The van der Waals surface area contributed by atoms with Gasteiger partial charge in [0.15, 0.2) is 0 Å². The second-order valence-corrected chi connectivity index (χ2v) is 6.52. The molecular formula is C23H21N3. The van der Waals surface area contributed by atoms with Crippen LogP contribution in [0.15, 0.2) is 84.9 Å². The van der Waals surface area contributed by atoms with Gasteiger partial charge in [0.05, 0.1) is 11.4 Å². The number of aryl methyl sites for hydroxylation is 1. The summed E-state index contributed by atoms with van der Waals surface area (Å²) in [7, 11) is 0. The molecule has 3 heteroatoms. The first-order valence-corrected chi connectivity index (χ1v) is 8.62. The molecule has 3 aromatic carbocycles. The minimum absolute atomic E-state index is 0.765. The summed E-state index contributed by atoms with van der Waals surface area (Å²) in [6, 6.07) is 28.8. The van der Waals surface area contributed by atoms with Gasteiger partial charge in [0.2, 0.25) is 0 Å². The Morgan fingerprint density at radius 1 is 0.538 bits per heavy atom. The lowest BCUT2D eigenvalue weighted by Crippen LogP contribution is -1.99. The highest BCUT2D eigenvalue weighted by Gasteiger charge is 2.13. The Morgan fingerprint density at radius 2 is 0.962 bits per heavy atom. The highest BCUT2D eigenvalue weighted by Crippen LogP contribution is 2.33. The zero-order valence-electron chi connectivity index (χ0n) is 14.7. The van der Waals surface area contributed by atoms with Crippen molar-refractivity contribution in [2.45, 2.75) is 6.92 Å². The van der Waals surface area contributed by atoms with Gasteiger partial charge < -0.3 is 16.0 Å². The van der Waals surface area contributed by atoms with Crippen LogP contribution in [0.2, 0.25) is 0 Å². The SMILES string of the molecule is Cc1ccc(-n2c(-c3ccc(N)cc3)ccc2-c2ccc(N)cc2)cc1. The molecule has 0 atom stereocenters. The molecule has 0 saturated heterocycles. The van der Waals surface area contributed by atoms with E-state index in [1.165, 1.54) is 5.56 Å². The number of aromatic nitrogens is 1. The van der Waals surface area contributed by atoms with E-state index in [1.807, 2.05) is 24.3 Å². The summed E-state index contributed by atoms with van der Waals surface area (Å²) in [5.74, 6) is 0. The predicted molar refractivity (Wildman–Crippen MR) is 110 cm³/mol. The monoisotopic (exact) mass is 339 g/mol. The summed E-state index contributed by atoms with van der Waals surface area (Å²) in [5.41, 5.74) is 20.1. The van der Waals surface area contributed by atoms with Gasteiger partial charge in [0.1, 0.15) is 0 Å². The zero-order valence-corrected chi connectivity index (χ0v) is 14.7. The number of anilines is 2. The summed E-state index contributed by atoms with van der Waals surface area (Å²) in [6.07, 6.45) is 0. The summed E-state index contributed by atoms with van der Waals surface area (Å²) in [6.45, 7) is 2.10.